The molecule has 0 radical (unpaired) electrons. The van der Waals surface area contributed by atoms with E-state index in [1.165, 1.54) is 17.9 Å². The summed E-state index contributed by atoms with van der Waals surface area (Å²) in [5.74, 6) is 1.06. The van der Waals surface area contributed by atoms with Crippen molar-refractivity contribution in [3.8, 4) is 29.0 Å². The molecule has 0 bridgehead atoms. The summed E-state index contributed by atoms with van der Waals surface area (Å²) in [4.78, 5) is 12.1. The minimum absolute atomic E-state index is 0.0454. The number of aromatic nitrogens is 1. The Balaban J connectivity index is 1.96. The number of nitrogens with two attached hydrogens (primary N) is 1. The van der Waals surface area contributed by atoms with Gasteiger partial charge in [-0.15, -0.1) is 0 Å². The summed E-state index contributed by atoms with van der Waals surface area (Å²) in [5.41, 5.74) is 6.70. The van der Waals surface area contributed by atoms with Gasteiger partial charge in [0.25, 0.3) is 0 Å². The van der Waals surface area contributed by atoms with E-state index >= 15 is 0 Å². The van der Waals surface area contributed by atoms with E-state index in [2.05, 4.69) is 0 Å². The molecule has 3 rings (SSSR count). The third-order valence-corrected chi connectivity index (χ3v) is 4.32. The number of benzene rings is 2. The summed E-state index contributed by atoms with van der Waals surface area (Å²) in [5, 5.41) is 9.52. The highest BCUT2D eigenvalue weighted by atomic mass is 35.5. The molecule has 142 valence electrons. The highest BCUT2D eigenvalue weighted by Gasteiger charge is 2.22. The van der Waals surface area contributed by atoms with Gasteiger partial charge in [0.05, 0.1) is 30.5 Å². The van der Waals surface area contributed by atoms with E-state index in [9.17, 15) is 10.1 Å². The van der Waals surface area contributed by atoms with E-state index in [0.717, 1.165) is 0 Å². The first-order chi connectivity index (χ1) is 13.5. The van der Waals surface area contributed by atoms with Crippen LogP contribution in [0, 0.1) is 11.3 Å². The van der Waals surface area contributed by atoms with E-state index in [4.69, 9.17) is 31.5 Å². The predicted octanol–water partition coefficient (Wildman–Crippen LogP) is 4.17. The monoisotopic (exact) mass is 397 g/mol. The van der Waals surface area contributed by atoms with Crippen LogP contribution in [0.4, 0.5) is 5.69 Å². The molecule has 0 aliphatic heterocycles. The fourth-order valence-electron chi connectivity index (χ4n) is 2.61. The lowest BCUT2D eigenvalue weighted by molar-refractivity contribution is 0.0593. The quantitative estimate of drug-likeness (QED) is 0.648. The molecule has 2 N–H and O–H groups in total. The maximum atomic E-state index is 12.1. The van der Waals surface area contributed by atoms with Crippen molar-refractivity contribution < 1.29 is 19.0 Å². The standard InChI is InChI=1S/C20H16ClN3O4/c1-26-14-4-6-15(7-5-14)28-17-8-3-13(9-16(17)21)24-11-12(10-22)18(23)19(24)20(25)27-2/h3-9,11H,23H2,1-2H3. The minimum atomic E-state index is -0.659. The normalized spacial score (nSPS) is 10.2. The fourth-order valence-corrected chi connectivity index (χ4v) is 2.82. The third kappa shape index (κ3) is 3.59. The second kappa shape index (κ2) is 7.94. The van der Waals surface area contributed by atoms with Crippen LogP contribution in [0.2, 0.25) is 5.02 Å². The van der Waals surface area contributed by atoms with Gasteiger partial charge in [-0.1, -0.05) is 11.6 Å². The number of hydrogen-bond donors (Lipinski definition) is 1. The summed E-state index contributed by atoms with van der Waals surface area (Å²) in [6.07, 6.45) is 1.46. The Bertz CT molecular complexity index is 1070. The fraction of sp³-hybridized carbons (Fsp3) is 0.100. The first kappa shape index (κ1) is 19.1. The second-order valence-corrected chi connectivity index (χ2v) is 6.08. The van der Waals surface area contributed by atoms with Crippen molar-refractivity contribution in [2.24, 2.45) is 0 Å². The average molecular weight is 398 g/mol. The first-order valence-corrected chi connectivity index (χ1v) is 8.47. The van der Waals surface area contributed by atoms with Crippen LogP contribution >= 0.6 is 11.6 Å². The van der Waals surface area contributed by atoms with E-state index < -0.39 is 5.97 Å². The predicted molar refractivity (Wildman–Crippen MR) is 104 cm³/mol. The molecule has 0 unspecified atom stereocenters. The van der Waals surface area contributed by atoms with Crippen molar-refractivity contribution in [3.63, 3.8) is 0 Å². The van der Waals surface area contributed by atoms with Gasteiger partial charge in [0.2, 0.25) is 0 Å². The van der Waals surface area contributed by atoms with E-state index in [-0.39, 0.29) is 16.9 Å². The van der Waals surface area contributed by atoms with Crippen molar-refractivity contribution >= 4 is 23.3 Å². The van der Waals surface area contributed by atoms with E-state index in [0.29, 0.717) is 28.0 Å². The number of nitrogens with zero attached hydrogens (tertiary/aromatic N) is 2. The van der Waals surface area contributed by atoms with Crippen LogP contribution in [-0.4, -0.2) is 24.8 Å². The minimum Gasteiger partial charge on any atom is -0.497 e. The number of nitriles is 1. The van der Waals surface area contributed by atoms with Crippen molar-refractivity contribution in [1.82, 2.24) is 4.57 Å². The molecule has 0 saturated carbocycles. The zero-order valence-electron chi connectivity index (χ0n) is 15.1. The Kier molecular flexibility index (Phi) is 5.43. The van der Waals surface area contributed by atoms with E-state index in [1.807, 2.05) is 6.07 Å². The van der Waals surface area contributed by atoms with Crippen LogP contribution in [0.25, 0.3) is 5.69 Å². The number of halogens is 1. The van der Waals surface area contributed by atoms with Gasteiger partial charge < -0.3 is 24.5 Å². The maximum absolute atomic E-state index is 12.1. The number of methoxy groups -OCH3 is 2. The topological polar surface area (TPSA) is 99.5 Å². The lowest BCUT2D eigenvalue weighted by Gasteiger charge is -2.12. The largest absolute Gasteiger partial charge is 0.497 e. The Morgan fingerprint density at radius 1 is 1.14 bits per heavy atom. The molecule has 1 heterocycles. The summed E-state index contributed by atoms with van der Waals surface area (Å²) in [6.45, 7) is 0. The lowest BCUT2D eigenvalue weighted by Crippen LogP contribution is -2.11. The molecule has 0 aliphatic rings. The molecule has 0 atom stereocenters. The van der Waals surface area contributed by atoms with Crippen molar-refractivity contribution in [3.05, 3.63) is 64.9 Å². The summed E-state index contributed by atoms with van der Waals surface area (Å²) in [7, 11) is 2.82. The molecule has 0 saturated heterocycles. The van der Waals surface area contributed by atoms with Crippen LogP contribution in [-0.2, 0) is 4.74 Å². The van der Waals surface area contributed by atoms with Gasteiger partial charge in [0, 0.05) is 11.9 Å². The number of carbonyl (C=O) groups is 1. The van der Waals surface area contributed by atoms with Gasteiger partial charge >= 0.3 is 5.97 Å². The van der Waals surface area contributed by atoms with Gasteiger partial charge in [0.15, 0.2) is 5.69 Å². The molecule has 0 amide bonds. The zero-order chi connectivity index (χ0) is 20.3. The molecule has 28 heavy (non-hydrogen) atoms. The van der Waals surface area contributed by atoms with Gasteiger partial charge in [-0.25, -0.2) is 4.79 Å². The molecule has 0 spiro atoms. The summed E-state index contributed by atoms with van der Waals surface area (Å²) in [6, 6.07) is 14.0. The third-order valence-electron chi connectivity index (χ3n) is 4.02. The van der Waals surface area contributed by atoms with Crippen LogP contribution in [0.15, 0.2) is 48.7 Å². The van der Waals surface area contributed by atoms with Crippen molar-refractivity contribution in [2.75, 3.05) is 20.0 Å². The molecule has 1 aromatic heterocycles. The van der Waals surface area contributed by atoms with Gasteiger partial charge in [-0.05, 0) is 42.5 Å². The number of anilines is 1. The highest BCUT2D eigenvalue weighted by molar-refractivity contribution is 6.32. The SMILES string of the molecule is COC(=O)c1c(N)c(C#N)cn1-c1ccc(Oc2ccc(OC)cc2)c(Cl)c1. The van der Waals surface area contributed by atoms with Crippen molar-refractivity contribution in [2.45, 2.75) is 0 Å². The average Bonchev–Trinajstić information content (AvgIpc) is 3.05. The molecule has 2 aromatic carbocycles. The van der Waals surface area contributed by atoms with E-state index in [1.54, 1.807) is 49.6 Å². The molecular formula is C20H16ClN3O4. The van der Waals surface area contributed by atoms with Crippen LogP contribution in [0.5, 0.6) is 17.2 Å². The Hall–Kier alpha value is -3.63. The number of carbonyl (C=O) groups excluding carboxylic acids is 1. The van der Waals surface area contributed by atoms with Crippen LogP contribution in [0.3, 0.4) is 0 Å². The zero-order valence-corrected chi connectivity index (χ0v) is 15.9. The first-order valence-electron chi connectivity index (χ1n) is 8.09. The smallest absolute Gasteiger partial charge is 0.357 e. The Morgan fingerprint density at radius 2 is 1.82 bits per heavy atom. The van der Waals surface area contributed by atoms with Gasteiger partial charge in [-0.3, -0.25) is 0 Å². The summed E-state index contributed by atoms with van der Waals surface area (Å²) < 4.78 is 17.1. The van der Waals surface area contributed by atoms with Crippen molar-refractivity contribution in [1.29, 1.82) is 5.26 Å². The molecule has 0 aliphatic carbocycles. The number of rotatable bonds is 5. The number of nitrogen functional groups attached to an aromatic ring is 1. The lowest BCUT2D eigenvalue weighted by atomic mass is 10.2. The molecule has 0 fully saturated rings. The molecular weight excluding hydrogens is 382 g/mol. The number of ether oxygens (including phenoxy) is 3. The van der Waals surface area contributed by atoms with Crippen LogP contribution in [0.1, 0.15) is 16.1 Å². The van der Waals surface area contributed by atoms with Gasteiger partial charge in [0.1, 0.15) is 23.3 Å². The molecule has 8 heteroatoms. The molecule has 3 aromatic rings. The van der Waals surface area contributed by atoms with Gasteiger partial charge in [-0.2, -0.15) is 5.26 Å². The Morgan fingerprint density at radius 3 is 2.39 bits per heavy atom. The number of hydrogen-bond acceptors (Lipinski definition) is 6. The maximum Gasteiger partial charge on any atom is 0.357 e. The Labute approximate surface area is 166 Å². The van der Waals surface area contributed by atoms with Crippen LogP contribution < -0.4 is 15.2 Å². The summed E-state index contributed by atoms with van der Waals surface area (Å²) >= 11 is 6.36. The number of esters is 1. The molecule has 7 nitrogen and oxygen atoms in total. The second-order valence-electron chi connectivity index (χ2n) is 5.67. The highest BCUT2D eigenvalue weighted by Crippen LogP contribution is 2.33.